The predicted octanol–water partition coefficient (Wildman–Crippen LogP) is 3.23. The predicted molar refractivity (Wildman–Crippen MR) is 56.8 cm³/mol. The molecule has 1 aromatic heterocycles. The second-order valence-electron chi connectivity index (χ2n) is 2.48. The third-order valence-electron chi connectivity index (χ3n) is 1.57. The molecule has 0 saturated carbocycles. The van der Waals surface area contributed by atoms with E-state index >= 15 is 0 Å². The molecule has 2 rings (SSSR count). The minimum Gasteiger partial charge on any atom is -0.231 e. The van der Waals surface area contributed by atoms with Crippen LogP contribution in [0.4, 0.5) is 0 Å². The highest BCUT2D eigenvalue weighted by atomic mass is 35.5. The Morgan fingerprint density at radius 1 is 1.00 bits per heavy atom. The van der Waals surface area contributed by atoms with Crippen LogP contribution in [0.25, 0.3) is 11.0 Å². The second kappa shape index (κ2) is 3.33. The van der Waals surface area contributed by atoms with E-state index in [1.165, 1.54) is 0 Å². The zero-order valence-corrected chi connectivity index (χ0v) is 8.74. The number of rotatable bonds is 0. The van der Waals surface area contributed by atoms with Crippen molar-refractivity contribution in [1.29, 1.82) is 0 Å². The van der Waals surface area contributed by atoms with Crippen molar-refractivity contribution >= 4 is 46.9 Å². The monoisotopic (exact) mass is 230 g/mol. The van der Waals surface area contributed by atoms with Crippen molar-refractivity contribution < 1.29 is 0 Å². The Kier molecular flexibility index (Phi) is 2.32. The molecule has 66 valence electrons. The van der Waals surface area contributed by atoms with E-state index < -0.39 is 0 Å². The van der Waals surface area contributed by atoms with Crippen LogP contribution in [0.2, 0.25) is 10.3 Å². The van der Waals surface area contributed by atoms with E-state index in [-0.39, 0.29) is 10.3 Å². The maximum Gasteiger partial charge on any atom is 0.167 e. The first kappa shape index (κ1) is 9.06. The molecule has 0 aliphatic rings. The molecule has 1 heterocycles. The fraction of sp³-hybridized carbons (Fsp3) is 0. The summed E-state index contributed by atoms with van der Waals surface area (Å²) in [5, 5.41) is 0.439. The van der Waals surface area contributed by atoms with Gasteiger partial charge in [-0.1, -0.05) is 23.2 Å². The highest BCUT2D eigenvalue weighted by molar-refractivity contribution is 7.80. The van der Waals surface area contributed by atoms with Gasteiger partial charge in [0.1, 0.15) is 0 Å². The number of benzene rings is 1. The average molecular weight is 231 g/mol. The van der Waals surface area contributed by atoms with Crippen molar-refractivity contribution in [3.8, 4) is 0 Å². The van der Waals surface area contributed by atoms with Gasteiger partial charge >= 0.3 is 0 Å². The van der Waals surface area contributed by atoms with Gasteiger partial charge < -0.3 is 0 Å². The Morgan fingerprint density at radius 2 is 1.62 bits per heavy atom. The Balaban J connectivity index is 2.81. The van der Waals surface area contributed by atoms with Crippen molar-refractivity contribution in [2.45, 2.75) is 4.90 Å². The maximum atomic E-state index is 5.71. The van der Waals surface area contributed by atoms with Crippen molar-refractivity contribution in [2.24, 2.45) is 0 Å². The minimum atomic E-state index is 0.216. The third-order valence-corrected chi connectivity index (χ3v) is 2.47. The zero-order valence-electron chi connectivity index (χ0n) is 6.33. The molecule has 0 atom stereocenters. The number of aromatic nitrogens is 2. The molecule has 0 aliphatic carbocycles. The minimum absolute atomic E-state index is 0.216. The second-order valence-corrected chi connectivity index (χ2v) is 3.71. The summed E-state index contributed by atoms with van der Waals surface area (Å²) in [6.45, 7) is 0. The highest BCUT2D eigenvalue weighted by Crippen LogP contribution is 2.22. The summed E-state index contributed by atoms with van der Waals surface area (Å²) in [5.74, 6) is 0. The van der Waals surface area contributed by atoms with Gasteiger partial charge in [-0.15, -0.1) is 12.6 Å². The summed E-state index contributed by atoms with van der Waals surface area (Å²) in [6.07, 6.45) is 0. The van der Waals surface area contributed by atoms with Gasteiger partial charge in [0.05, 0.1) is 11.0 Å². The molecule has 0 spiro atoms. The Labute approximate surface area is 90.3 Å². The average Bonchev–Trinajstić information content (AvgIpc) is 2.08. The summed E-state index contributed by atoms with van der Waals surface area (Å²) in [7, 11) is 0. The number of hydrogen-bond acceptors (Lipinski definition) is 3. The van der Waals surface area contributed by atoms with Gasteiger partial charge in [-0.3, -0.25) is 0 Å². The maximum absolute atomic E-state index is 5.71. The van der Waals surface area contributed by atoms with E-state index in [0.717, 1.165) is 4.90 Å². The van der Waals surface area contributed by atoms with E-state index in [1.54, 1.807) is 12.1 Å². The topological polar surface area (TPSA) is 25.8 Å². The van der Waals surface area contributed by atoms with Gasteiger partial charge in [-0.25, -0.2) is 9.97 Å². The Hall–Kier alpha value is -0.510. The fourth-order valence-electron chi connectivity index (χ4n) is 1.000. The van der Waals surface area contributed by atoms with Crippen LogP contribution in [0.1, 0.15) is 0 Å². The summed E-state index contributed by atoms with van der Waals surface area (Å²) in [5.41, 5.74) is 1.41. The van der Waals surface area contributed by atoms with Crippen molar-refractivity contribution in [3.63, 3.8) is 0 Å². The largest absolute Gasteiger partial charge is 0.231 e. The SMILES string of the molecule is Sc1ccc2nc(Cl)c(Cl)nc2c1. The molecule has 0 N–H and O–H groups in total. The van der Waals surface area contributed by atoms with Crippen LogP contribution in [-0.4, -0.2) is 9.97 Å². The van der Waals surface area contributed by atoms with Gasteiger partial charge in [-0.2, -0.15) is 0 Å². The molecule has 0 bridgehead atoms. The number of nitrogens with zero attached hydrogens (tertiary/aromatic N) is 2. The van der Waals surface area contributed by atoms with E-state index in [4.69, 9.17) is 23.2 Å². The lowest BCUT2D eigenvalue weighted by atomic mass is 10.3. The molecule has 0 aliphatic heterocycles. The Morgan fingerprint density at radius 3 is 2.31 bits per heavy atom. The molecular weight excluding hydrogens is 227 g/mol. The number of halogens is 2. The molecule has 2 nitrogen and oxygen atoms in total. The van der Waals surface area contributed by atoms with Crippen LogP contribution >= 0.6 is 35.8 Å². The molecular formula is C8H4Cl2N2S. The standard InChI is InChI=1S/C8H4Cl2N2S/c9-7-8(10)12-6-3-4(13)1-2-5(6)11-7/h1-3,13H. The third kappa shape index (κ3) is 1.73. The lowest BCUT2D eigenvalue weighted by Crippen LogP contribution is -1.86. The molecule has 1 aromatic carbocycles. The van der Waals surface area contributed by atoms with Gasteiger partial charge in [0.2, 0.25) is 0 Å². The van der Waals surface area contributed by atoms with E-state index in [9.17, 15) is 0 Å². The fourth-order valence-corrected chi connectivity index (χ4v) is 1.46. The van der Waals surface area contributed by atoms with Crippen molar-refractivity contribution in [1.82, 2.24) is 9.97 Å². The lowest BCUT2D eigenvalue weighted by molar-refractivity contribution is 1.28. The molecule has 0 saturated heterocycles. The quantitative estimate of drug-likeness (QED) is 0.704. The van der Waals surface area contributed by atoms with Gasteiger partial charge in [0.25, 0.3) is 0 Å². The molecule has 13 heavy (non-hydrogen) atoms. The highest BCUT2D eigenvalue weighted by Gasteiger charge is 2.03. The van der Waals surface area contributed by atoms with Gasteiger partial charge in [0, 0.05) is 4.90 Å². The van der Waals surface area contributed by atoms with Gasteiger partial charge in [-0.05, 0) is 18.2 Å². The van der Waals surface area contributed by atoms with Crippen molar-refractivity contribution in [2.75, 3.05) is 0 Å². The zero-order chi connectivity index (χ0) is 9.42. The molecule has 5 heteroatoms. The number of thiol groups is 1. The van der Waals surface area contributed by atoms with Crippen LogP contribution < -0.4 is 0 Å². The van der Waals surface area contributed by atoms with Crippen LogP contribution in [-0.2, 0) is 0 Å². The van der Waals surface area contributed by atoms with E-state index in [0.29, 0.717) is 11.0 Å². The summed E-state index contributed by atoms with van der Waals surface area (Å²) in [4.78, 5) is 8.93. The molecule has 0 unspecified atom stereocenters. The van der Waals surface area contributed by atoms with E-state index in [1.807, 2.05) is 6.07 Å². The van der Waals surface area contributed by atoms with Crippen LogP contribution in [0, 0.1) is 0 Å². The molecule has 2 aromatic rings. The van der Waals surface area contributed by atoms with Crippen LogP contribution in [0.3, 0.4) is 0 Å². The van der Waals surface area contributed by atoms with Crippen LogP contribution in [0.15, 0.2) is 23.1 Å². The first-order chi connectivity index (χ1) is 6.16. The summed E-state index contributed by atoms with van der Waals surface area (Å²) < 4.78 is 0. The van der Waals surface area contributed by atoms with Crippen molar-refractivity contribution in [3.05, 3.63) is 28.5 Å². The summed E-state index contributed by atoms with van der Waals surface area (Å²) >= 11 is 15.6. The lowest BCUT2D eigenvalue weighted by Gasteiger charge is -1.99. The van der Waals surface area contributed by atoms with Crippen LogP contribution in [0.5, 0.6) is 0 Å². The normalized spacial score (nSPS) is 10.7. The summed E-state index contributed by atoms with van der Waals surface area (Å²) in [6, 6.07) is 5.41. The number of fused-ring (bicyclic) bond motifs is 1. The molecule has 0 amide bonds. The molecule has 0 fully saturated rings. The Bertz CT molecular complexity index is 473. The molecule has 0 radical (unpaired) electrons. The number of hydrogen-bond donors (Lipinski definition) is 1. The van der Waals surface area contributed by atoms with Gasteiger partial charge in [0.15, 0.2) is 10.3 Å². The van der Waals surface area contributed by atoms with E-state index in [2.05, 4.69) is 22.6 Å². The first-order valence-corrected chi connectivity index (χ1v) is 4.69. The smallest absolute Gasteiger partial charge is 0.167 e. The first-order valence-electron chi connectivity index (χ1n) is 3.48.